The number of nitrogens with two attached hydrogens (primary N) is 1. The van der Waals surface area contributed by atoms with Crippen molar-refractivity contribution < 1.29 is 10.0 Å². The summed E-state index contributed by atoms with van der Waals surface area (Å²) < 4.78 is 0.408. The van der Waals surface area contributed by atoms with Gasteiger partial charge < -0.3 is 10.8 Å². The maximum Gasteiger partial charge on any atom is 0.283 e. The van der Waals surface area contributed by atoms with Gasteiger partial charge in [-0.1, -0.05) is 19.9 Å². The fourth-order valence-corrected chi connectivity index (χ4v) is 2.17. The fraction of sp³-hybridized carbons (Fsp3) is 0.538. The van der Waals surface area contributed by atoms with Gasteiger partial charge in [-0.2, -0.15) is 0 Å². The second kappa shape index (κ2) is 8.56. The zero-order valence-corrected chi connectivity index (χ0v) is 13.9. The first-order chi connectivity index (χ1) is 8.82. The molecule has 1 aromatic rings. The fourth-order valence-electron chi connectivity index (χ4n) is 1.78. The Labute approximate surface area is 133 Å². The van der Waals surface area contributed by atoms with Crippen LogP contribution in [0.4, 0.5) is 5.69 Å². The first-order valence-electron chi connectivity index (χ1n) is 6.20. The highest BCUT2D eigenvalue weighted by atomic mass is 79.9. The second-order valence-electron chi connectivity index (χ2n) is 5.03. The molecule has 0 amide bonds. The summed E-state index contributed by atoms with van der Waals surface area (Å²) in [6.07, 6.45) is 0.763. The van der Waals surface area contributed by atoms with Gasteiger partial charge in [-0.05, 0) is 46.3 Å². The molecular weight excluding hydrogens is 348 g/mol. The molecular formula is C13H20BrClN2O3. The first kappa shape index (κ1) is 19.3. The Bertz CT molecular complexity index is 457. The average Bonchev–Trinajstić information content (AvgIpc) is 2.35. The molecule has 0 fully saturated rings. The number of hydrogen-bond donors (Lipinski definition) is 2. The van der Waals surface area contributed by atoms with Crippen molar-refractivity contribution in [3.63, 3.8) is 0 Å². The molecule has 0 bridgehead atoms. The van der Waals surface area contributed by atoms with Crippen LogP contribution in [0.3, 0.4) is 0 Å². The Morgan fingerprint density at radius 1 is 1.40 bits per heavy atom. The van der Waals surface area contributed by atoms with Crippen molar-refractivity contribution in [3.05, 3.63) is 38.3 Å². The summed E-state index contributed by atoms with van der Waals surface area (Å²) >= 11 is 3.12. The lowest BCUT2D eigenvalue weighted by Crippen LogP contribution is -2.26. The number of aliphatic hydroxyl groups excluding tert-OH is 1. The minimum atomic E-state index is -0.692. The zero-order chi connectivity index (χ0) is 14.6. The molecule has 0 saturated carbocycles. The Morgan fingerprint density at radius 3 is 2.50 bits per heavy atom. The van der Waals surface area contributed by atoms with Crippen molar-refractivity contribution in [1.82, 2.24) is 0 Å². The lowest BCUT2D eigenvalue weighted by atomic mass is 9.96. The maximum absolute atomic E-state index is 10.9. The van der Waals surface area contributed by atoms with E-state index >= 15 is 0 Å². The quantitative estimate of drug-likeness (QED) is 0.594. The summed E-state index contributed by atoms with van der Waals surface area (Å²) in [6.45, 7) is 4.14. The molecule has 7 heteroatoms. The molecule has 20 heavy (non-hydrogen) atoms. The summed E-state index contributed by atoms with van der Waals surface area (Å²) in [7, 11) is 0. The number of nitrogens with zero attached hydrogens (tertiary/aromatic N) is 1. The minimum absolute atomic E-state index is 0. The number of aliphatic hydroxyl groups is 1. The average molecular weight is 368 g/mol. The van der Waals surface area contributed by atoms with Crippen molar-refractivity contribution in [2.45, 2.75) is 38.8 Å². The van der Waals surface area contributed by atoms with E-state index in [1.54, 1.807) is 12.1 Å². The van der Waals surface area contributed by atoms with E-state index in [9.17, 15) is 15.2 Å². The molecule has 0 spiro atoms. The molecule has 0 heterocycles. The van der Waals surface area contributed by atoms with Gasteiger partial charge in [0.25, 0.3) is 5.69 Å². The monoisotopic (exact) mass is 366 g/mol. The van der Waals surface area contributed by atoms with Crippen molar-refractivity contribution in [2.24, 2.45) is 11.7 Å². The molecule has 1 rings (SSSR count). The van der Waals surface area contributed by atoms with Gasteiger partial charge in [0.05, 0.1) is 21.5 Å². The third kappa shape index (κ3) is 5.36. The Morgan fingerprint density at radius 2 is 2.00 bits per heavy atom. The van der Waals surface area contributed by atoms with Crippen LogP contribution in [-0.2, 0) is 0 Å². The third-order valence-corrected chi connectivity index (χ3v) is 3.68. The van der Waals surface area contributed by atoms with Crippen LogP contribution in [0.2, 0.25) is 0 Å². The molecule has 0 aliphatic heterocycles. The second-order valence-corrected chi connectivity index (χ2v) is 5.89. The highest BCUT2D eigenvalue weighted by Gasteiger charge is 2.21. The number of halogens is 2. The van der Waals surface area contributed by atoms with Gasteiger partial charge >= 0.3 is 0 Å². The maximum atomic E-state index is 10.9. The minimum Gasteiger partial charge on any atom is -0.391 e. The third-order valence-electron chi connectivity index (χ3n) is 3.01. The van der Waals surface area contributed by atoms with Crippen LogP contribution in [-0.4, -0.2) is 16.1 Å². The highest BCUT2D eigenvalue weighted by molar-refractivity contribution is 9.10. The van der Waals surface area contributed by atoms with Crippen molar-refractivity contribution >= 4 is 34.0 Å². The van der Waals surface area contributed by atoms with Gasteiger partial charge in [0.2, 0.25) is 0 Å². The molecule has 0 aliphatic rings. The van der Waals surface area contributed by atoms with E-state index in [2.05, 4.69) is 29.8 Å². The van der Waals surface area contributed by atoms with E-state index in [0.29, 0.717) is 22.4 Å². The first-order valence-corrected chi connectivity index (χ1v) is 6.99. The summed E-state index contributed by atoms with van der Waals surface area (Å²) in [4.78, 5) is 10.4. The van der Waals surface area contributed by atoms with Crippen LogP contribution in [0.1, 0.15) is 38.3 Å². The van der Waals surface area contributed by atoms with E-state index < -0.39 is 17.1 Å². The van der Waals surface area contributed by atoms with Gasteiger partial charge in [-0.15, -0.1) is 12.4 Å². The van der Waals surface area contributed by atoms with Crippen molar-refractivity contribution in [2.75, 3.05) is 0 Å². The molecule has 5 nitrogen and oxygen atoms in total. The van der Waals surface area contributed by atoms with Gasteiger partial charge in [-0.25, -0.2) is 0 Å². The predicted molar refractivity (Wildman–Crippen MR) is 85.1 cm³/mol. The smallest absolute Gasteiger partial charge is 0.283 e. The van der Waals surface area contributed by atoms with E-state index in [0.717, 1.165) is 6.42 Å². The van der Waals surface area contributed by atoms with E-state index in [4.69, 9.17) is 5.73 Å². The number of hydrogen-bond acceptors (Lipinski definition) is 4. The van der Waals surface area contributed by atoms with Gasteiger partial charge in [0.15, 0.2) is 0 Å². The molecule has 0 radical (unpaired) electrons. The van der Waals surface area contributed by atoms with Gasteiger partial charge in [-0.3, -0.25) is 10.1 Å². The van der Waals surface area contributed by atoms with E-state index in [-0.39, 0.29) is 18.1 Å². The molecule has 0 aliphatic carbocycles. The molecule has 0 unspecified atom stereocenters. The molecule has 1 aromatic carbocycles. The normalized spacial score (nSPS) is 13.7. The summed E-state index contributed by atoms with van der Waals surface area (Å²) in [5.74, 6) is 0.487. The van der Waals surface area contributed by atoms with E-state index in [1.165, 1.54) is 6.07 Å². The molecule has 0 saturated heterocycles. The molecule has 0 aromatic heterocycles. The van der Waals surface area contributed by atoms with Crippen LogP contribution in [0.25, 0.3) is 0 Å². The molecule has 2 atom stereocenters. The lowest BCUT2D eigenvalue weighted by molar-refractivity contribution is -0.385. The van der Waals surface area contributed by atoms with Gasteiger partial charge in [0.1, 0.15) is 0 Å². The van der Waals surface area contributed by atoms with E-state index in [1.807, 2.05) is 0 Å². The Hall–Kier alpha value is -0.690. The van der Waals surface area contributed by atoms with Crippen molar-refractivity contribution in [3.8, 4) is 0 Å². The van der Waals surface area contributed by atoms with Crippen LogP contribution in [0.15, 0.2) is 22.7 Å². The van der Waals surface area contributed by atoms with Crippen LogP contribution < -0.4 is 5.73 Å². The highest BCUT2D eigenvalue weighted by Crippen LogP contribution is 2.29. The summed E-state index contributed by atoms with van der Waals surface area (Å²) in [5, 5.41) is 20.9. The number of rotatable bonds is 6. The van der Waals surface area contributed by atoms with Crippen LogP contribution >= 0.6 is 28.3 Å². The topological polar surface area (TPSA) is 89.4 Å². The summed E-state index contributed by atoms with van der Waals surface area (Å²) in [5.41, 5.74) is 6.49. The van der Waals surface area contributed by atoms with Crippen LogP contribution in [0.5, 0.6) is 0 Å². The van der Waals surface area contributed by atoms with Crippen molar-refractivity contribution in [1.29, 1.82) is 0 Å². The Kier molecular flexibility index (Phi) is 8.27. The van der Waals surface area contributed by atoms with Crippen LogP contribution in [0, 0.1) is 16.0 Å². The van der Waals surface area contributed by atoms with Gasteiger partial charge in [0, 0.05) is 6.07 Å². The molecule has 114 valence electrons. The predicted octanol–water partition coefficient (Wildman–Crippen LogP) is 3.58. The standard InChI is InChI=1S/C13H19BrN2O3.ClH/c1-8(2)3-6-12(17)13(15)9-4-5-10(14)11(7-9)16(18)19;/h4-5,7-8,12-13,17H,3,6,15H2,1-2H3;1H/t12-,13+;/m1./s1. The summed E-state index contributed by atoms with van der Waals surface area (Å²) in [6, 6.07) is 4.08. The molecule has 3 N–H and O–H groups in total. The number of benzene rings is 1. The Balaban J connectivity index is 0.00000361. The zero-order valence-electron chi connectivity index (χ0n) is 11.5. The largest absolute Gasteiger partial charge is 0.391 e. The lowest BCUT2D eigenvalue weighted by Gasteiger charge is -2.20. The number of nitro benzene ring substituents is 1. The number of nitro groups is 1. The SMILES string of the molecule is CC(C)CC[C@@H](O)[C@@H](N)c1ccc(Br)c([N+](=O)[O-])c1.Cl.